The van der Waals surface area contributed by atoms with E-state index in [-0.39, 0.29) is 0 Å². The van der Waals surface area contributed by atoms with E-state index in [1.54, 1.807) is 6.92 Å². The van der Waals surface area contributed by atoms with Gasteiger partial charge in [0.15, 0.2) is 0 Å². The van der Waals surface area contributed by atoms with E-state index in [2.05, 4.69) is 14.9 Å². The number of carboxylic acid groups (broad SMARTS) is 1. The minimum atomic E-state index is -0.779. The van der Waals surface area contributed by atoms with Gasteiger partial charge in [0, 0.05) is 32.2 Å². The third kappa shape index (κ3) is 3.36. The zero-order valence-electron chi connectivity index (χ0n) is 11.8. The molecule has 110 valence electrons. The smallest absolute Gasteiger partial charge is 0.320 e. The summed E-state index contributed by atoms with van der Waals surface area (Å²) >= 11 is 0. The Morgan fingerprint density at radius 3 is 2.70 bits per heavy atom. The number of ether oxygens (including phenoxy) is 1. The van der Waals surface area contributed by atoms with Gasteiger partial charge < -0.3 is 14.7 Å². The molecule has 7 nitrogen and oxygen atoms in total. The third-order valence-corrected chi connectivity index (χ3v) is 3.46. The van der Waals surface area contributed by atoms with Gasteiger partial charge >= 0.3 is 5.97 Å². The lowest BCUT2D eigenvalue weighted by Crippen LogP contribution is -2.52. The molecule has 20 heavy (non-hydrogen) atoms. The van der Waals surface area contributed by atoms with Gasteiger partial charge in [0.25, 0.3) is 0 Å². The Labute approximate surface area is 118 Å². The lowest BCUT2D eigenvalue weighted by molar-refractivity contribution is -0.142. The van der Waals surface area contributed by atoms with Gasteiger partial charge in [-0.05, 0) is 13.8 Å². The van der Waals surface area contributed by atoms with Crippen LogP contribution in [0.2, 0.25) is 0 Å². The number of hydrogen-bond acceptors (Lipinski definition) is 6. The van der Waals surface area contributed by atoms with Crippen molar-refractivity contribution in [3.8, 4) is 5.88 Å². The fraction of sp³-hybridized carbons (Fsp3) is 0.615. The molecule has 1 saturated heterocycles. The van der Waals surface area contributed by atoms with E-state index in [0.29, 0.717) is 25.6 Å². The molecule has 0 aliphatic carbocycles. The number of aromatic nitrogens is 2. The Kier molecular flexibility index (Phi) is 4.73. The van der Waals surface area contributed by atoms with Gasteiger partial charge in [-0.3, -0.25) is 9.69 Å². The van der Waals surface area contributed by atoms with Crippen LogP contribution in [0.25, 0.3) is 0 Å². The molecule has 1 aromatic rings. The second kappa shape index (κ2) is 6.51. The summed E-state index contributed by atoms with van der Waals surface area (Å²) in [7, 11) is 0. The van der Waals surface area contributed by atoms with E-state index in [0.717, 1.165) is 18.9 Å². The molecule has 1 aromatic heterocycles. The molecule has 1 atom stereocenters. The summed E-state index contributed by atoms with van der Waals surface area (Å²) in [5, 5.41) is 9.02. The predicted molar refractivity (Wildman–Crippen MR) is 74.1 cm³/mol. The highest BCUT2D eigenvalue weighted by Crippen LogP contribution is 2.18. The SMILES string of the molecule is CCOc1cc(N2CCN(C(C)C(=O)O)CC2)ncn1. The third-order valence-electron chi connectivity index (χ3n) is 3.46. The fourth-order valence-corrected chi connectivity index (χ4v) is 2.22. The molecule has 2 rings (SSSR count). The molecular formula is C13H20N4O3. The van der Waals surface area contributed by atoms with Gasteiger partial charge in [-0.1, -0.05) is 0 Å². The number of aliphatic carboxylic acids is 1. The summed E-state index contributed by atoms with van der Waals surface area (Å²) < 4.78 is 5.36. The topological polar surface area (TPSA) is 78.8 Å². The molecule has 0 saturated carbocycles. The second-order valence-corrected chi connectivity index (χ2v) is 4.68. The molecular weight excluding hydrogens is 260 g/mol. The van der Waals surface area contributed by atoms with Gasteiger partial charge in [-0.2, -0.15) is 0 Å². The van der Waals surface area contributed by atoms with Crippen molar-refractivity contribution in [2.24, 2.45) is 0 Å². The number of piperazine rings is 1. The number of nitrogens with zero attached hydrogens (tertiary/aromatic N) is 4. The summed E-state index contributed by atoms with van der Waals surface area (Å²) in [4.78, 5) is 23.3. The number of carbonyl (C=O) groups is 1. The van der Waals surface area contributed by atoms with E-state index < -0.39 is 12.0 Å². The van der Waals surface area contributed by atoms with Crippen LogP contribution in [0.1, 0.15) is 13.8 Å². The molecule has 0 bridgehead atoms. The predicted octanol–water partition coefficient (Wildman–Crippen LogP) is 0.470. The van der Waals surface area contributed by atoms with E-state index >= 15 is 0 Å². The van der Waals surface area contributed by atoms with E-state index in [1.807, 2.05) is 17.9 Å². The van der Waals surface area contributed by atoms with Crippen molar-refractivity contribution < 1.29 is 14.6 Å². The lowest BCUT2D eigenvalue weighted by Gasteiger charge is -2.37. The van der Waals surface area contributed by atoms with Crippen LogP contribution in [0.4, 0.5) is 5.82 Å². The van der Waals surface area contributed by atoms with Crippen LogP contribution in [-0.2, 0) is 4.79 Å². The number of anilines is 1. The van der Waals surface area contributed by atoms with E-state index in [4.69, 9.17) is 9.84 Å². The zero-order chi connectivity index (χ0) is 14.5. The average Bonchev–Trinajstić information content (AvgIpc) is 2.47. The van der Waals surface area contributed by atoms with Gasteiger partial charge in [-0.25, -0.2) is 9.97 Å². The van der Waals surface area contributed by atoms with Crippen molar-refractivity contribution in [2.75, 3.05) is 37.7 Å². The first-order valence-electron chi connectivity index (χ1n) is 6.78. The van der Waals surface area contributed by atoms with Crippen molar-refractivity contribution in [1.29, 1.82) is 0 Å². The Hall–Kier alpha value is -1.89. The summed E-state index contributed by atoms with van der Waals surface area (Å²) in [6.07, 6.45) is 1.49. The zero-order valence-corrected chi connectivity index (χ0v) is 11.8. The van der Waals surface area contributed by atoms with Crippen LogP contribution in [-0.4, -0.2) is 64.8 Å². The number of carboxylic acids is 1. The van der Waals surface area contributed by atoms with Crippen LogP contribution in [0.5, 0.6) is 5.88 Å². The summed E-state index contributed by atoms with van der Waals surface area (Å²) in [5.74, 6) is 0.615. The minimum absolute atomic E-state index is 0.443. The first-order valence-corrected chi connectivity index (χ1v) is 6.78. The van der Waals surface area contributed by atoms with Crippen LogP contribution in [0, 0.1) is 0 Å². The largest absolute Gasteiger partial charge is 0.480 e. The van der Waals surface area contributed by atoms with Crippen molar-refractivity contribution in [1.82, 2.24) is 14.9 Å². The molecule has 1 aliphatic heterocycles. The quantitative estimate of drug-likeness (QED) is 0.840. The normalized spacial score (nSPS) is 17.8. The highest BCUT2D eigenvalue weighted by Gasteiger charge is 2.25. The van der Waals surface area contributed by atoms with Crippen molar-refractivity contribution in [3.05, 3.63) is 12.4 Å². The van der Waals surface area contributed by atoms with Crippen LogP contribution in [0.3, 0.4) is 0 Å². The van der Waals surface area contributed by atoms with Gasteiger partial charge in [-0.15, -0.1) is 0 Å². The Balaban J connectivity index is 1.96. The van der Waals surface area contributed by atoms with E-state index in [1.165, 1.54) is 6.33 Å². The Morgan fingerprint density at radius 2 is 2.10 bits per heavy atom. The maximum Gasteiger partial charge on any atom is 0.320 e. The first kappa shape index (κ1) is 14.5. The minimum Gasteiger partial charge on any atom is -0.480 e. The maximum absolute atomic E-state index is 11.0. The number of rotatable bonds is 5. The second-order valence-electron chi connectivity index (χ2n) is 4.68. The molecule has 0 spiro atoms. The Bertz CT molecular complexity index is 461. The number of hydrogen-bond donors (Lipinski definition) is 1. The van der Waals surface area contributed by atoms with Gasteiger partial charge in [0.05, 0.1) is 6.61 Å². The molecule has 0 aromatic carbocycles. The van der Waals surface area contributed by atoms with Crippen molar-refractivity contribution in [2.45, 2.75) is 19.9 Å². The summed E-state index contributed by atoms with van der Waals surface area (Å²) in [5.41, 5.74) is 0. The Morgan fingerprint density at radius 1 is 1.40 bits per heavy atom. The molecule has 1 aliphatic rings. The summed E-state index contributed by atoms with van der Waals surface area (Å²) in [6, 6.07) is 1.38. The van der Waals surface area contributed by atoms with Crippen molar-refractivity contribution in [3.63, 3.8) is 0 Å². The standard InChI is InChI=1S/C13H20N4O3/c1-3-20-12-8-11(14-9-15-12)17-6-4-16(5-7-17)10(2)13(18)19/h8-10H,3-7H2,1-2H3,(H,18,19). The molecule has 1 N–H and O–H groups in total. The molecule has 2 heterocycles. The molecule has 7 heteroatoms. The average molecular weight is 280 g/mol. The maximum atomic E-state index is 11.0. The van der Waals surface area contributed by atoms with Gasteiger partial charge in [0.1, 0.15) is 18.2 Å². The van der Waals surface area contributed by atoms with Gasteiger partial charge in [0.2, 0.25) is 5.88 Å². The highest BCUT2D eigenvalue weighted by atomic mass is 16.5. The first-order chi connectivity index (χ1) is 9.61. The molecule has 0 radical (unpaired) electrons. The molecule has 0 amide bonds. The molecule has 1 unspecified atom stereocenters. The highest BCUT2D eigenvalue weighted by molar-refractivity contribution is 5.72. The summed E-state index contributed by atoms with van der Waals surface area (Å²) in [6.45, 7) is 7.12. The van der Waals surface area contributed by atoms with Crippen LogP contribution < -0.4 is 9.64 Å². The van der Waals surface area contributed by atoms with E-state index in [9.17, 15) is 4.79 Å². The van der Waals surface area contributed by atoms with Crippen LogP contribution >= 0.6 is 0 Å². The monoisotopic (exact) mass is 280 g/mol. The van der Waals surface area contributed by atoms with Crippen molar-refractivity contribution >= 4 is 11.8 Å². The lowest BCUT2D eigenvalue weighted by atomic mass is 10.2. The molecule has 1 fully saturated rings. The fourth-order valence-electron chi connectivity index (χ4n) is 2.22. The van der Waals surface area contributed by atoms with Crippen LogP contribution in [0.15, 0.2) is 12.4 Å².